The summed E-state index contributed by atoms with van der Waals surface area (Å²) in [4.78, 5) is 0. The van der Waals surface area contributed by atoms with E-state index in [1.807, 2.05) is 0 Å². The summed E-state index contributed by atoms with van der Waals surface area (Å²) in [7, 11) is 0. The molecule has 0 spiro atoms. The fourth-order valence-corrected chi connectivity index (χ4v) is 0.382. The summed E-state index contributed by atoms with van der Waals surface area (Å²) >= 11 is 4.62. The molecule has 5 heteroatoms. The zero-order valence-electron chi connectivity index (χ0n) is 4.38. The summed E-state index contributed by atoms with van der Waals surface area (Å²) < 4.78 is 45.1. The molecule has 0 heterocycles. The quantitative estimate of drug-likeness (QED) is 0.435. The molecule has 0 amide bonds. The van der Waals surface area contributed by atoms with Crippen LogP contribution in [0.1, 0.15) is 12.8 Å². The minimum Gasteiger partial charge on any atom is -0.230 e. The first kappa shape index (κ1) is 9.01. The Bertz CT molecular complexity index is 77.1. The SMILES string of the molecule is FC(Cl)CCC(F)(F)F. The Morgan fingerprint density at radius 3 is 1.89 bits per heavy atom. The molecule has 0 fully saturated rings. The molecule has 0 aromatic carbocycles. The number of rotatable bonds is 2. The van der Waals surface area contributed by atoms with E-state index in [4.69, 9.17) is 0 Å². The molecular weight excluding hydrogens is 159 g/mol. The molecule has 0 bridgehead atoms. The lowest BCUT2D eigenvalue weighted by Crippen LogP contribution is -2.08. The highest BCUT2D eigenvalue weighted by atomic mass is 35.5. The molecule has 1 unspecified atom stereocenters. The molecule has 1 atom stereocenters. The minimum absolute atomic E-state index is 0.662. The molecule has 0 aromatic rings. The summed E-state index contributed by atoms with van der Waals surface area (Å²) in [5.41, 5.74) is -1.88. The fraction of sp³-hybridized carbons (Fsp3) is 1.00. The summed E-state index contributed by atoms with van der Waals surface area (Å²) in [6, 6.07) is 0. The Morgan fingerprint density at radius 1 is 1.33 bits per heavy atom. The predicted octanol–water partition coefficient (Wildman–Crippen LogP) is 2.86. The molecular formula is C4H5ClF4. The van der Waals surface area contributed by atoms with Crippen molar-refractivity contribution in [3.8, 4) is 0 Å². The van der Waals surface area contributed by atoms with E-state index in [2.05, 4.69) is 11.6 Å². The van der Waals surface area contributed by atoms with Crippen molar-refractivity contribution >= 4 is 11.6 Å². The Hall–Kier alpha value is 0.01000. The first-order chi connectivity index (χ1) is 3.92. The molecule has 0 aliphatic heterocycles. The summed E-state index contributed by atoms with van der Waals surface area (Å²) in [6.45, 7) is 0. The third kappa shape index (κ3) is 8.01. The second kappa shape index (κ2) is 3.25. The van der Waals surface area contributed by atoms with Gasteiger partial charge in [0.1, 0.15) is 0 Å². The molecule has 0 nitrogen and oxygen atoms in total. The van der Waals surface area contributed by atoms with Gasteiger partial charge in [0.05, 0.1) is 0 Å². The second-order valence-corrected chi connectivity index (χ2v) is 2.02. The van der Waals surface area contributed by atoms with Crippen LogP contribution < -0.4 is 0 Å². The maximum atomic E-state index is 11.5. The van der Waals surface area contributed by atoms with Crippen molar-refractivity contribution in [2.45, 2.75) is 24.6 Å². The van der Waals surface area contributed by atoms with Crippen LogP contribution in [0.5, 0.6) is 0 Å². The van der Waals surface area contributed by atoms with E-state index >= 15 is 0 Å². The normalized spacial score (nSPS) is 15.7. The van der Waals surface area contributed by atoms with Gasteiger partial charge in [-0.2, -0.15) is 13.2 Å². The summed E-state index contributed by atoms with van der Waals surface area (Å²) in [5, 5.41) is 0. The van der Waals surface area contributed by atoms with E-state index in [0.29, 0.717) is 0 Å². The van der Waals surface area contributed by atoms with Gasteiger partial charge < -0.3 is 0 Å². The molecule has 0 saturated heterocycles. The van der Waals surface area contributed by atoms with Crippen molar-refractivity contribution in [3.05, 3.63) is 0 Å². The zero-order valence-corrected chi connectivity index (χ0v) is 5.14. The molecule has 0 aromatic heterocycles. The van der Waals surface area contributed by atoms with Crippen molar-refractivity contribution in [1.29, 1.82) is 0 Å². The monoisotopic (exact) mass is 164 g/mol. The van der Waals surface area contributed by atoms with Crippen molar-refractivity contribution in [2.75, 3.05) is 0 Å². The van der Waals surface area contributed by atoms with Crippen LogP contribution in [0, 0.1) is 0 Å². The lowest BCUT2D eigenvalue weighted by Gasteiger charge is -2.04. The largest absolute Gasteiger partial charge is 0.389 e. The van der Waals surface area contributed by atoms with Gasteiger partial charge in [-0.1, -0.05) is 11.6 Å². The van der Waals surface area contributed by atoms with Crippen molar-refractivity contribution in [3.63, 3.8) is 0 Å². The lowest BCUT2D eigenvalue weighted by molar-refractivity contribution is -0.136. The zero-order chi connectivity index (χ0) is 7.49. The first-order valence-corrected chi connectivity index (χ1v) is 2.70. The van der Waals surface area contributed by atoms with E-state index in [9.17, 15) is 17.6 Å². The van der Waals surface area contributed by atoms with Gasteiger partial charge in [-0.05, 0) is 0 Å². The maximum Gasteiger partial charge on any atom is 0.389 e. The summed E-state index contributed by atoms with van der Waals surface area (Å²) in [5.74, 6) is 0. The molecule has 0 radical (unpaired) electrons. The number of alkyl halides is 5. The van der Waals surface area contributed by atoms with Crippen LogP contribution in [0.4, 0.5) is 17.6 Å². The molecule has 0 saturated carbocycles. The van der Waals surface area contributed by atoms with Crippen molar-refractivity contribution < 1.29 is 17.6 Å². The Kier molecular flexibility index (Phi) is 3.25. The third-order valence-corrected chi connectivity index (χ3v) is 0.864. The molecule has 9 heavy (non-hydrogen) atoms. The van der Waals surface area contributed by atoms with Crippen LogP contribution in [0.3, 0.4) is 0 Å². The van der Waals surface area contributed by atoms with E-state index in [-0.39, 0.29) is 0 Å². The Balaban J connectivity index is 3.28. The van der Waals surface area contributed by atoms with Crippen LogP contribution in [-0.4, -0.2) is 11.8 Å². The van der Waals surface area contributed by atoms with Crippen LogP contribution in [-0.2, 0) is 0 Å². The molecule has 0 aliphatic rings. The van der Waals surface area contributed by atoms with Gasteiger partial charge in [0, 0.05) is 12.8 Å². The molecule has 0 rings (SSSR count). The highest BCUT2D eigenvalue weighted by molar-refractivity contribution is 6.19. The number of hydrogen-bond donors (Lipinski definition) is 0. The average molecular weight is 165 g/mol. The summed E-state index contributed by atoms with van der Waals surface area (Å²) in [6.07, 6.45) is -6.11. The third-order valence-electron chi connectivity index (χ3n) is 0.646. The molecule has 0 N–H and O–H groups in total. The van der Waals surface area contributed by atoms with Gasteiger partial charge in [-0.3, -0.25) is 0 Å². The van der Waals surface area contributed by atoms with Gasteiger partial charge in [0.25, 0.3) is 0 Å². The van der Waals surface area contributed by atoms with Gasteiger partial charge >= 0.3 is 6.18 Å². The van der Waals surface area contributed by atoms with E-state index < -0.39 is 24.6 Å². The van der Waals surface area contributed by atoms with E-state index in [1.165, 1.54) is 0 Å². The smallest absolute Gasteiger partial charge is 0.230 e. The minimum atomic E-state index is -4.29. The fourth-order valence-electron chi connectivity index (χ4n) is 0.273. The van der Waals surface area contributed by atoms with Crippen molar-refractivity contribution in [1.82, 2.24) is 0 Å². The highest BCUT2D eigenvalue weighted by Gasteiger charge is 2.27. The van der Waals surface area contributed by atoms with Crippen LogP contribution >= 0.6 is 11.6 Å². The average Bonchev–Trinajstić information content (AvgIpc) is 1.59. The predicted molar refractivity (Wildman–Crippen MR) is 26.0 cm³/mol. The maximum absolute atomic E-state index is 11.5. The standard InChI is InChI=1S/C4H5ClF4/c5-3(6)1-2-4(7,8)9/h3H,1-2H2. The van der Waals surface area contributed by atoms with Gasteiger partial charge in [-0.25, -0.2) is 4.39 Å². The van der Waals surface area contributed by atoms with Gasteiger partial charge in [-0.15, -0.1) is 0 Å². The topological polar surface area (TPSA) is 0 Å². The Morgan fingerprint density at radius 2 is 1.78 bits per heavy atom. The van der Waals surface area contributed by atoms with Crippen LogP contribution in [0.2, 0.25) is 0 Å². The Labute approximate surface area is 54.8 Å². The lowest BCUT2D eigenvalue weighted by atomic mass is 10.3. The van der Waals surface area contributed by atoms with E-state index in [0.717, 1.165) is 0 Å². The van der Waals surface area contributed by atoms with Crippen LogP contribution in [0.15, 0.2) is 0 Å². The molecule has 56 valence electrons. The second-order valence-electron chi connectivity index (χ2n) is 1.54. The van der Waals surface area contributed by atoms with E-state index in [1.54, 1.807) is 0 Å². The highest BCUT2D eigenvalue weighted by Crippen LogP contribution is 2.23. The first-order valence-electron chi connectivity index (χ1n) is 2.27. The molecule has 0 aliphatic carbocycles. The van der Waals surface area contributed by atoms with Crippen LogP contribution in [0.25, 0.3) is 0 Å². The van der Waals surface area contributed by atoms with Crippen molar-refractivity contribution in [2.24, 2.45) is 0 Å². The van der Waals surface area contributed by atoms with Gasteiger partial charge in [0.15, 0.2) is 5.63 Å². The number of hydrogen-bond acceptors (Lipinski definition) is 0. The number of halogens is 5. The van der Waals surface area contributed by atoms with Gasteiger partial charge in [0.2, 0.25) is 0 Å².